The van der Waals surface area contributed by atoms with Gasteiger partial charge in [-0.25, -0.2) is 0 Å². The Labute approximate surface area is 116 Å². The van der Waals surface area contributed by atoms with Crippen molar-refractivity contribution in [2.45, 2.75) is 19.4 Å². The largest absolute Gasteiger partial charge is 0.380 e. The highest BCUT2D eigenvalue weighted by atomic mass is 35.5. The van der Waals surface area contributed by atoms with Crippen LogP contribution in [-0.4, -0.2) is 41.5 Å². The summed E-state index contributed by atoms with van der Waals surface area (Å²) < 4.78 is 5.38. The van der Waals surface area contributed by atoms with Crippen molar-refractivity contribution in [2.24, 2.45) is 0 Å². The zero-order valence-electron chi connectivity index (χ0n) is 10.9. The first kappa shape index (κ1) is 12.6. The van der Waals surface area contributed by atoms with Crippen molar-refractivity contribution in [3.63, 3.8) is 0 Å². The van der Waals surface area contributed by atoms with Gasteiger partial charge in [0.15, 0.2) is 5.15 Å². The first-order valence-corrected chi connectivity index (χ1v) is 6.63. The van der Waals surface area contributed by atoms with Crippen molar-refractivity contribution in [3.05, 3.63) is 23.1 Å². The van der Waals surface area contributed by atoms with E-state index in [0.717, 1.165) is 41.8 Å². The van der Waals surface area contributed by atoms with E-state index >= 15 is 0 Å². The number of fused-ring (bicyclic) bond motifs is 1. The lowest BCUT2D eigenvalue weighted by molar-refractivity contribution is 0.121. The molecular formula is C13H15ClN4O. The Kier molecular flexibility index (Phi) is 3.24. The van der Waals surface area contributed by atoms with E-state index < -0.39 is 0 Å². The number of ether oxygens (including phenoxy) is 1. The smallest absolute Gasteiger partial charge is 0.161 e. The van der Waals surface area contributed by atoms with Gasteiger partial charge >= 0.3 is 0 Å². The van der Waals surface area contributed by atoms with Gasteiger partial charge in [0.25, 0.3) is 0 Å². The molecule has 2 aromatic rings. The van der Waals surface area contributed by atoms with Crippen LogP contribution in [0.1, 0.15) is 12.1 Å². The van der Waals surface area contributed by atoms with Gasteiger partial charge in [0.05, 0.1) is 29.2 Å². The standard InChI is InChI=1S/C13H15ClN4O/c1-8-12-11(13(14)17-16-8)5-9(6-15-12)18-4-3-10(7-18)19-2/h5-6,10H,3-4,7H2,1-2H3. The number of pyridine rings is 1. The number of rotatable bonds is 2. The fraction of sp³-hybridized carbons (Fsp3) is 0.462. The lowest BCUT2D eigenvalue weighted by Gasteiger charge is -2.18. The number of aryl methyl sites for hydroxylation is 1. The zero-order chi connectivity index (χ0) is 13.4. The molecule has 1 aliphatic rings. The molecule has 0 bridgehead atoms. The third-order valence-electron chi connectivity index (χ3n) is 3.57. The molecule has 6 heteroatoms. The topological polar surface area (TPSA) is 51.1 Å². The summed E-state index contributed by atoms with van der Waals surface area (Å²) in [7, 11) is 1.75. The second-order valence-electron chi connectivity index (χ2n) is 4.76. The van der Waals surface area contributed by atoms with Gasteiger partial charge in [-0.05, 0) is 19.4 Å². The number of methoxy groups -OCH3 is 1. The van der Waals surface area contributed by atoms with Crippen LogP contribution in [0.3, 0.4) is 0 Å². The van der Waals surface area contributed by atoms with Crippen LogP contribution in [0.15, 0.2) is 12.3 Å². The Bertz CT molecular complexity index is 619. The van der Waals surface area contributed by atoms with Gasteiger partial charge in [0.1, 0.15) is 0 Å². The molecule has 0 spiro atoms. The molecule has 1 fully saturated rings. The molecule has 2 aromatic heterocycles. The molecule has 0 radical (unpaired) electrons. The molecule has 0 aliphatic carbocycles. The van der Waals surface area contributed by atoms with E-state index in [1.54, 1.807) is 7.11 Å². The molecule has 0 aromatic carbocycles. The molecule has 5 nitrogen and oxygen atoms in total. The van der Waals surface area contributed by atoms with Crippen LogP contribution in [0, 0.1) is 6.92 Å². The van der Waals surface area contributed by atoms with Gasteiger partial charge < -0.3 is 9.64 Å². The van der Waals surface area contributed by atoms with Gasteiger partial charge in [-0.15, -0.1) is 5.10 Å². The van der Waals surface area contributed by atoms with Gasteiger partial charge in [0.2, 0.25) is 0 Å². The maximum atomic E-state index is 6.11. The highest BCUT2D eigenvalue weighted by Gasteiger charge is 2.23. The molecule has 0 saturated carbocycles. The summed E-state index contributed by atoms with van der Waals surface area (Å²) in [5.41, 5.74) is 2.66. The predicted molar refractivity (Wildman–Crippen MR) is 74.7 cm³/mol. The first-order valence-electron chi connectivity index (χ1n) is 6.25. The highest BCUT2D eigenvalue weighted by Crippen LogP contribution is 2.27. The number of hydrogen-bond donors (Lipinski definition) is 0. The van der Waals surface area contributed by atoms with E-state index in [0.29, 0.717) is 11.3 Å². The third-order valence-corrected chi connectivity index (χ3v) is 3.85. The summed E-state index contributed by atoms with van der Waals surface area (Å²) in [6.45, 7) is 3.74. The fourth-order valence-corrected chi connectivity index (χ4v) is 2.63. The Morgan fingerprint density at radius 2 is 2.26 bits per heavy atom. The van der Waals surface area contributed by atoms with Crippen LogP contribution < -0.4 is 4.90 Å². The number of hydrogen-bond acceptors (Lipinski definition) is 5. The van der Waals surface area contributed by atoms with E-state index in [4.69, 9.17) is 16.3 Å². The quantitative estimate of drug-likeness (QED) is 0.843. The maximum Gasteiger partial charge on any atom is 0.161 e. The molecule has 1 saturated heterocycles. The first-order chi connectivity index (χ1) is 9.19. The van der Waals surface area contributed by atoms with Crippen molar-refractivity contribution < 1.29 is 4.74 Å². The van der Waals surface area contributed by atoms with Crippen molar-refractivity contribution in [1.82, 2.24) is 15.2 Å². The minimum Gasteiger partial charge on any atom is -0.380 e. The summed E-state index contributed by atoms with van der Waals surface area (Å²) in [5, 5.41) is 9.17. The molecule has 3 heterocycles. The number of anilines is 1. The van der Waals surface area contributed by atoms with E-state index in [9.17, 15) is 0 Å². The van der Waals surface area contributed by atoms with Gasteiger partial charge in [-0.2, -0.15) is 5.10 Å². The van der Waals surface area contributed by atoms with Gasteiger partial charge in [-0.3, -0.25) is 4.98 Å². The summed E-state index contributed by atoms with van der Waals surface area (Å²) in [5.74, 6) is 0. The number of halogens is 1. The summed E-state index contributed by atoms with van der Waals surface area (Å²) >= 11 is 6.11. The van der Waals surface area contributed by atoms with E-state index in [1.807, 2.05) is 19.2 Å². The summed E-state index contributed by atoms with van der Waals surface area (Å²) in [6.07, 6.45) is 3.20. The SMILES string of the molecule is COC1CCN(c2cnc3c(C)nnc(Cl)c3c2)C1. The Morgan fingerprint density at radius 1 is 1.42 bits per heavy atom. The zero-order valence-corrected chi connectivity index (χ0v) is 11.7. The minimum absolute atomic E-state index is 0.295. The molecular weight excluding hydrogens is 264 g/mol. The second kappa shape index (κ2) is 4.90. The van der Waals surface area contributed by atoms with Crippen molar-refractivity contribution >= 4 is 28.2 Å². The second-order valence-corrected chi connectivity index (χ2v) is 5.12. The summed E-state index contributed by atoms with van der Waals surface area (Å²) in [4.78, 5) is 6.72. The van der Waals surface area contributed by atoms with E-state index in [1.165, 1.54) is 0 Å². The number of aromatic nitrogens is 3. The lowest BCUT2D eigenvalue weighted by atomic mass is 10.2. The summed E-state index contributed by atoms with van der Waals surface area (Å²) in [6, 6.07) is 2.03. The van der Waals surface area contributed by atoms with Crippen LogP contribution in [0.2, 0.25) is 5.15 Å². The molecule has 100 valence electrons. The van der Waals surface area contributed by atoms with E-state index in [2.05, 4.69) is 20.1 Å². The molecule has 1 atom stereocenters. The highest BCUT2D eigenvalue weighted by molar-refractivity contribution is 6.34. The van der Waals surface area contributed by atoms with Crippen LogP contribution in [0.4, 0.5) is 5.69 Å². The lowest BCUT2D eigenvalue weighted by Crippen LogP contribution is -2.22. The molecule has 0 amide bonds. The van der Waals surface area contributed by atoms with Crippen LogP contribution in [-0.2, 0) is 4.74 Å². The van der Waals surface area contributed by atoms with Crippen molar-refractivity contribution in [2.75, 3.05) is 25.1 Å². The average molecular weight is 279 g/mol. The molecule has 1 aliphatic heterocycles. The molecule has 19 heavy (non-hydrogen) atoms. The third kappa shape index (κ3) is 2.24. The average Bonchev–Trinajstić information content (AvgIpc) is 2.91. The molecule has 3 rings (SSSR count). The molecule has 1 unspecified atom stereocenters. The van der Waals surface area contributed by atoms with Crippen LogP contribution in [0.5, 0.6) is 0 Å². The van der Waals surface area contributed by atoms with Gasteiger partial charge in [0, 0.05) is 25.6 Å². The van der Waals surface area contributed by atoms with Gasteiger partial charge in [-0.1, -0.05) is 11.6 Å². The maximum absolute atomic E-state index is 6.11. The fourth-order valence-electron chi connectivity index (χ4n) is 2.45. The van der Waals surface area contributed by atoms with Crippen molar-refractivity contribution in [1.29, 1.82) is 0 Å². The van der Waals surface area contributed by atoms with Crippen molar-refractivity contribution in [3.8, 4) is 0 Å². The van der Waals surface area contributed by atoms with Crippen LogP contribution in [0.25, 0.3) is 10.9 Å². The van der Waals surface area contributed by atoms with E-state index in [-0.39, 0.29) is 0 Å². The monoisotopic (exact) mass is 278 g/mol. The number of nitrogens with zero attached hydrogens (tertiary/aromatic N) is 4. The Morgan fingerprint density at radius 3 is 3.00 bits per heavy atom. The predicted octanol–water partition coefficient (Wildman–Crippen LogP) is 2.21. The molecule has 0 N–H and O–H groups in total. The Hall–Kier alpha value is -1.46. The van der Waals surface area contributed by atoms with Crippen LogP contribution >= 0.6 is 11.6 Å². The minimum atomic E-state index is 0.295. The Balaban J connectivity index is 2.00. The normalized spacial score (nSPS) is 19.3.